The molecule has 1 saturated heterocycles. The third-order valence-electron chi connectivity index (χ3n) is 2.19. The van der Waals surface area contributed by atoms with Gasteiger partial charge in [0.1, 0.15) is 6.61 Å². The summed E-state index contributed by atoms with van der Waals surface area (Å²) >= 11 is 0. The number of amides is 2. The number of carbonyl (C=O) groups is 2. The molecule has 2 N–H and O–H groups in total. The van der Waals surface area contributed by atoms with E-state index in [1.54, 1.807) is 11.9 Å². The van der Waals surface area contributed by atoms with Crippen molar-refractivity contribution in [2.24, 2.45) is 5.73 Å². The molecule has 0 radical (unpaired) electrons. The fourth-order valence-electron chi connectivity index (χ4n) is 1.27. The second-order valence-electron chi connectivity index (χ2n) is 3.26. The molecule has 1 heterocycles. The van der Waals surface area contributed by atoms with Gasteiger partial charge in [-0.05, 0) is 0 Å². The predicted octanol–water partition coefficient (Wildman–Crippen LogP) is -1.14. The summed E-state index contributed by atoms with van der Waals surface area (Å²) in [4.78, 5) is 25.1. The Kier molecular flexibility index (Phi) is 3.70. The number of likely N-dealkylation sites (N-methyl/N-ethyl adjacent to an activating group) is 1. The van der Waals surface area contributed by atoms with Crippen molar-refractivity contribution in [1.82, 2.24) is 9.80 Å². The molecule has 1 fully saturated rings. The quantitative estimate of drug-likeness (QED) is 0.626. The van der Waals surface area contributed by atoms with Crippen LogP contribution in [0.3, 0.4) is 0 Å². The Morgan fingerprint density at radius 1 is 1.57 bits per heavy atom. The molecule has 0 unspecified atom stereocenters. The molecule has 1 aliphatic heterocycles. The van der Waals surface area contributed by atoms with Gasteiger partial charge in [-0.3, -0.25) is 9.69 Å². The van der Waals surface area contributed by atoms with Crippen LogP contribution in [0.15, 0.2) is 0 Å². The zero-order valence-electron chi connectivity index (χ0n) is 8.23. The van der Waals surface area contributed by atoms with Gasteiger partial charge in [0.05, 0.1) is 6.54 Å². The number of rotatable bonds is 3. The first kappa shape index (κ1) is 10.8. The number of carbonyl (C=O) groups excluding carboxylic acids is 2. The monoisotopic (exact) mass is 201 g/mol. The summed E-state index contributed by atoms with van der Waals surface area (Å²) in [6.07, 6.45) is -0.773. The van der Waals surface area contributed by atoms with E-state index in [4.69, 9.17) is 5.73 Å². The third-order valence-corrected chi connectivity index (χ3v) is 2.19. The zero-order chi connectivity index (χ0) is 10.6. The Morgan fingerprint density at radius 2 is 2.29 bits per heavy atom. The highest BCUT2D eigenvalue weighted by Gasteiger charge is 2.20. The molecular weight excluding hydrogens is 186 g/mol. The lowest BCUT2D eigenvalue weighted by atomic mass is 10.3. The predicted molar refractivity (Wildman–Crippen MR) is 49.6 cm³/mol. The minimum Gasteiger partial charge on any atom is -0.448 e. The van der Waals surface area contributed by atoms with E-state index >= 15 is 0 Å². The summed E-state index contributed by atoms with van der Waals surface area (Å²) in [6, 6.07) is 0. The number of nitrogens with zero attached hydrogens (tertiary/aromatic N) is 2. The molecular formula is C8H15N3O3. The van der Waals surface area contributed by atoms with Crippen molar-refractivity contribution >= 4 is 12.0 Å². The van der Waals surface area contributed by atoms with Crippen molar-refractivity contribution in [1.29, 1.82) is 0 Å². The molecule has 14 heavy (non-hydrogen) atoms. The van der Waals surface area contributed by atoms with Crippen LogP contribution in [0.1, 0.15) is 0 Å². The first-order chi connectivity index (χ1) is 6.59. The molecule has 1 aliphatic rings. The Bertz CT molecular complexity index is 232. The van der Waals surface area contributed by atoms with Crippen LogP contribution in [0, 0.1) is 0 Å². The molecule has 6 nitrogen and oxygen atoms in total. The minimum atomic E-state index is -0.773. The van der Waals surface area contributed by atoms with Crippen LogP contribution in [-0.4, -0.2) is 61.6 Å². The van der Waals surface area contributed by atoms with Gasteiger partial charge in [-0.1, -0.05) is 0 Å². The molecule has 0 bridgehead atoms. The van der Waals surface area contributed by atoms with Crippen molar-refractivity contribution < 1.29 is 14.3 Å². The zero-order valence-corrected chi connectivity index (χ0v) is 8.23. The van der Waals surface area contributed by atoms with Crippen LogP contribution in [0.4, 0.5) is 4.79 Å². The Labute approximate surface area is 82.6 Å². The van der Waals surface area contributed by atoms with Crippen molar-refractivity contribution in [3.8, 4) is 0 Å². The van der Waals surface area contributed by atoms with Gasteiger partial charge in [0.15, 0.2) is 0 Å². The summed E-state index contributed by atoms with van der Waals surface area (Å²) in [6.45, 7) is 2.72. The lowest BCUT2D eigenvalue weighted by molar-refractivity contribution is -0.134. The lowest BCUT2D eigenvalue weighted by Gasteiger charge is -2.31. The summed E-state index contributed by atoms with van der Waals surface area (Å²) in [5, 5.41) is 0. The third kappa shape index (κ3) is 3.21. The first-order valence-corrected chi connectivity index (χ1v) is 4.48. The molecule has 0 spiro atoms. The maximum Gasteiger partial charge on any atom is 0.404 e. The second kappa shape index (κ2) is 4.80. The molecule has 0 aliphatic carbocycles. The topological polar surface area (TPSA) is 75.9 Å². The molecule has 0 aromatic rings. The van der Waals surface area contributed by atoms with Crippen LogP contribution in [0.5, 0.6) is 0 Å². The van der Waals surface area contributed by atoms with E-state index in [9.17, 15) is 9.59 Å². The number of primary amides is 1. The first-order valence-electron chi connectivity index (χ1n) is 4.48. The number of piperazine rings is 1. The Balaban J connectivity index is 2.20. The average Bonchev–Trinajstić information content (AvgIpc) is 2.10. The fourth-order valence-corrected chi connectivity index (χ4v) is 1.27. The molecule has 0 aromatic heterocycles. The lowest BCUT2D eigenvalue weighted by Crippen LogP contribution is -2.49. The van der Waals surface area contributed by atoms with Crippen LogP contribution < -0.4 is 5.73 Å². The minimum absolute atomic E-state index is 0.0929. The van der Waals surface area contributed by atoms with Gasteiger partial charge in [-0.25, -0.2) is 4.79 Å². The second-order valence-corrected chi connectivity index (χ2v) is 3.26. The molecule has 0 aromatic carbocycles. The van der Waals surface area contributed by atoms with Crippen LogP contribution in [-0.2, 0) is 9.53 Å². The largest absolute Gasteiger partial charge is 0.448 e. The number of hydrogen-bond donors (Lipinski definition) is 1. The molecule has 80 valence electrons. The highest BCUT2D eigenvalue weighted by molar-refractivity contribution is 5.78. The van der Waals surface area contributed by atoms with Gasteiger partial charge in [0.2, 0.25) is 5.91 Å². The number of ether oxygens (including phenoxy) is 1. The van der Waals surface area contributed by atoms with Gasteiger partial charge in [0.25, 0.3) is 0 Å². The maximum absolute atomic E-state index is 11.3. The summed E-state index contributed by atoms with van der Waals surface area (Å²) in [5.41, 5.74) is 4.80. The normalized spacial score (nSPS) is 18.4. The van der Waals surface area contributed by atoms with E-state index in [-0.39, 0.29) is 12.5 Å². The average molecular weight is 201 g/mol. The highest BCUT2D eigenvalue weighted by atomic mass is 16.5. The molecule has 2 amide bonds. The fraction of sp³-hybridized carbons (Fsp3) is 0.750. The van der Waals surface area contributed by atoms with Gasteiger partial charge < -0.3 is 15.4 Å². The van der Waals surface area contributed by atoms with Gasteiger partial charge in [-0.15, -0.1) is 0 Å². The van der Waals surface area contributed by atoms with Crippen molar-refractivity contribution in [3.05, 3.63) is 0 Å². The van der Waals surface area contributed by atoms with E-state index in [0.717, 1.165) is 13.1 Å². The van der Waals surface area contributed by atoms with Crippen LogP contribution in [0.2, 0.25) is 0 Å². The standard InChI is InChI=1S/C8H15N3O3/c1-10-2-3-11(6-7(10)12)4-5-14-8(9)13/h2-6H2,1H3,(H2,9,13). The van der Waals surface area contributed by atoms with Gasteiger partial charge in [0, 0.05) is 26.7 Å². The summed E-state index contributed by atoms with van der Waals surface area (Å²) in [7, 11) is 1.78. The summed E-state index contributed by atoms with van der Waals surface area (Å²) < 4.78 is 4.58. The van der Waals surface area contributed by atoms with Crippen LogP contribution in [0.25, 0.3) is 0 Å². The SMILES string of the molecule is CN1CCN(CCOC(N)=O)CC1=O. The molecule has 0 saturated carbocycles. The van der Waals surface area contributed by atoms with Crippen LogP contribution >= 0.6 is 0 Å². The van der Waals surface area contributed by atoms with Crippen molar-refractivity contribution in [2.75, 3.05) is 39.8 Å². The number of hydrogen-bond acceptors (Lipinski definition) is 4. The van der Waals surface area contributed by atoms with Gasteiger partial charge in [-0.2, -0.15) is 0 Å². The molecule has 1 rings (SSSR count). The number of nitrogens with two attached hydrogens (primary N) is 1. The Hall–Kier alpha value is -1.30. The highest BCUT2D eigenvalue weighted by Crippen LogP contribution is 1.99. The Morgan fingerprint density at radius 3 is 2.86 bits per heavy atom. The molecule has 6 heteroatoms. The van der Waals surface area contributed by atoms with Crippen molar-refractivity contribution in [2.45, 2.75) is 0 Å². The summed E-state index contributed by atoms with van der Waals surface area (Å²) in [5.74, 6) is 0.0929. The molecule has 0 atom stereocenters. The van der Waals surface area contributed by atoms with Crippen molar-refractivity contribution in [3.63, 3.8) is 0 Å². The van der Waals surface area contributed by atoms with E-state index in [0.29, 0.717) is 13.1 Å². The van der Waals surface area contributed by atoms with E-state index in [1.165, 1.54) is 0 Å². The van der Waals surface area contributed by atoms with E-state index < -0.39 is 6.09 Å². The van der Waals surface area contributed by atoms with E-state index in [2.05, 4.69) is 4.74 Å². The van der Waals surface area contributed by atoms with E-state index in [1.807, 2.05) is 4.90 Å². The smallest absolute Gasteiger partial charge is 0.404 e. The van der Waals surface area contributed by atoms with Gasteiger partial charge >= 0.3 is 6.09 Å². The maximum atomic E-state index is 11.3.